The fourth-order valence-electron chi connectivity index (χ4n) is 1.79. The second-order valence-electron chi connectivity index (χ2n) is 4.86. The summed E-state index contributed by atoms with van der Waals surface area (Å²) in [4.78, 5) is 20.8. The molecule has 0 spiro atoms. The summed E-state index contributed by atoms with van der Waals surface area (Å²) in [5.41, 5.74) is 0. The van der Waals surface area contributed by atoms with E-state index in [0.717, 1.165) is 32.1 Å². The number of carbonyl (C=O) groups excluding carboxylic acids is 1. The predicted octanol–water partition coefficient (Wildman–Crippen LogP) is 4.79. The lowest BCUT2D eigenvalue weighted by atomic mass is 10.1. The monoisotopic (exact) mass is 258 g/mol. The van der Waals surface area contributed by atoms with Gasteiger partial charge < -0.3 is 0 Å². The van der Waals surface area contributed by atoms with Crippen LogP contribution in [0, 0.1) is 0 Å². The fraction of sp³-hybridized carbons (Fsp3) is 0.933. The van der Waals surface area contributed by atoms with Gasteiger partial charge in [0.25, 0.3) is 0 Å². The molecule has 0 aromatic carbocycles. The smallest absolute Gasteiger partial charge is 0.298 e. The zero-order chi connectivity index (χ0) is 13.5. The van der Waals surface area contributed by atoms with Crippen molar-refractivity contribution in [1.82, 2.24) is 0 Å². The maximum Gasteiger partial charge on any atom is 0.342 e. The van der Waals surface area contributed by atoms with Crippen LogP contribution in [0.4, 0.5) is 0 Å². The van der Waals surface area contributed by atoms with E-state index in [1.807, 2.05) is 0 Å². The number of hydrogen-bond acceptors (Lipinski definition) is 3. The molecule has 0 aliphatic carbocycles. The third-order valence-electron chi connectivity index (χ3n) is 2.97. The van der Waals surface area contributed by atoms with Gasteiger partial charge in [0.2, 0.25) is 0 Å². The molecule has 0 aliphatic heterocycles. The summed E-state index contributed by atoms with van der Waals surface area (Å²) in [6.07, 6.45) is 12.2. The van der Waals surface area contributed by atoms with Crippen LogP contribution in [-0.2, 0) is 14.6 Å². The van der Waals surface area contributed by atoms with Crippen molar-refractivity contribution in [2.45, 2.75) is 84.5 Å². The van der Waals surface area contributed by atoms with E-state index in [-0.39, 0.29) is 5.97 Å². The lowest BCUT2D eigenvalue weighted by Crippen LogP contribution is -2.06. The van der Waals surface area contributed by atoms with E-state index in [9.17, 15) is 4.79 Å². The maximum atomic E-state index is 11.3. The Labute approximate surface area is 112 Å². The molecule has 18 heavy (non-hydrogen) atoms. The van der Waals surface area contributed by atoms with E-state index >= 15 is 0 Å². The molecule has 0 rings (SSSR count). The Balaban J connectivity index is 3.12. The highest BCUT2D eigenvalue weighted by Gasteiger charge is 2.03. The van der Waals surface area contributed by atoms with Gasteiger partial charge in [0.05, 0.1) is 6.61 Å². The van der Waals surface area contributed by atoms with Crippen molar-refractivity contribution in [1.29, 1.82) is 0 Å². The van der Waals surface area contributed by atoms with Gasteiger partial charge in [-0.25, -0.2) is 4.79 Å². The van der Waals surface area contributed by atoms with Crippen LogP contribution in [0.15, 0.2) is 0 Å². The Bertz CT molecular complexity index is 181. The van der Waals surface area contributed by atoms with E-state index < -0.39 is 0 Å². The largest absolute Gasteiger partial charge is 0.342 e. The van der Waals surface area contributed by atoms with Crippen LogP contribution in [0.25, 0.3) is 0 Å². The molecule has 0 amide bonds. The van der Waals surface area contributed by atoms with Gasteiger partial charge in [-0.05, 0) is 12.8 Å². The molecule has 0 bridgehead atoms. The van der Waals surface area contributed by atoms with Gasteiger partial charge in [-0.2, -0.15) is 4.89 Å². The molecule has 0 saturated carbocycles. The van der Waals surface area contributed by atoms with Crippen LogP contribution in [0.1, 0.15) is 84.5 Å². The summed E-state index contributed by atoms with van der Waals surface area (Å²) >= 11 is 0. The Morgan fingerprint density at radius 1 is 0.778 bits per heavy atom. The van der Waals surface area contributed by atoms with Crippen LogP contribution in [-0.4, -0.2) is 12.6 Å². The van der Waals surface area contributed by atoms with Crippen molar-refractivity contribution in [3.8, 4) is 0 Å². The normalized spacial score (nSPS) is 10.6. The first-order valence-corrected chi connectivity index (χ1v) is 7.63. The first-order chi connectivity index (χ1) is 8.81. The first-order valence-electron chi connectivity index (χ1n) is 7.63. The summed E-state index contributed by atoms with van der Waals surface area (Å²) in [7, 11) is 0. The minimum atomic E-state index is -0.222. The highest BCUT2D eigenvalue weighted by Crippen LogP contribution is 2.08. The minimum Gasteiger partial charge on any atom is -0.298 e. The van der Waals surface area contributed by atoms with E-state index in [1.165, 1.54) is 32.1 Å². The Kier molecular flexibility index (Phi) is 14.0. The van der Waals surface area contributed by atoms with Gasteiger partial charge in [-0.15, -0.1) is 0 Å². The maximum absolute atomic E-state index is 11.3. The van der Waals surface area contributed by atoms with E-state index in [0.29, 0.717) is 13.0 Å². The highest BCUT2D eigenvalue weighted by atomic mass is 17.2. The average Bonchev–Trinajstić information content (AvgIpc) is 2.37. The molecular formula is C15H30O3. The van der Waals surface area contributed by atoms with Gasteiger partial charge >= 0.3 is 5.97 Å². The molecule has 0 heterocycles. The molecule has 0 aromatic rings. The van der Waals surface area contributed by atoms with Crippen LogP contribution in [0.2, 0.25) is 0 Å². The van der Waals surface area contributed by atoms with Gasteiger partial charge in [0, 0.05) is 6.42 Å². The highest BCUT2D eigenvalue weighted by molar-refractivity contribution is 5.68. The number of unbranched alkanes of at least 4 members (excludes halogenated alkanes) is 8. The van der Waals surface area contributed by atoms with E-state index in [1.54, 1.807) is 0 Å². The van der Waals surface area contributed by atoms with Crippen molar-refractivity contribution < 1.29 is 14.6 Å². The molecule has 0 aromatic heterocycles. The van der Waals surface area contributed by atoms with Crippen molar-refractivity contribution in [2.24, 2.45) is 0 Å². The Morgan fingerprint density at radius 3 is 2.00 bits per heavy atom. The summed E-state index contributed by atoms with van der Waals surface area (Å²) in [6.45, 7) is 4.87. The molecule has 3 heteroatoms. The number of hydrogen-bond donors (Lipinski definition) is 0. The second-order valence-corrected chi connectivity index (χ2v) is 4.86. The lowest BCUT2D eigenvalue weighted by Gasteiger charge is -2.03. The average molecular weight is 258 g/mol. The molecule has 0 atom stereocenters. The summed E-state index contributed by atoms with van der Waals surface area (Å²) in [6, 6.07) is 0. The summed E-state index contributed by atoms with van der Waals surface area (Å²) in [5, 5.41) is 0. The van der Waals surface area contributed by atoms with Gasteiger partial charge in [0.15, 0.2) is 0 Å². The third kappa shape index (κ3) is 13.5. The second kappa shape index (κ2) is 14.5. The van der Waals surface area contributed by atoms with Crippen LogP contribution < -0.4 is 0 Å². The minimum absolute atomic E-state index is 0.222. The first kappa shape index (κ1) is 17.4. The summed E-state index contributed by atoms with van der Waals surface area (Å²) in [5.74, 6) is -0.222. The lowest BCUT2D eigenvalue weighted by molar-refractivity contribution is -0.272. The van der Waals surface area contributed by atoms with Crippen molar-refractivity contribution in [3.05, 3.63) is 0 Å². The zero-order valence-corrected chi connectivity index (χ0v) is 12.2. The quantitative estimate of drug-likeness (QED) is 0.270. The Morgan fingerprint density at radius 2 is 1.33 bits per heavy atom. The van der Waals surface area contributed by atoms with Crippen molar-refractivity contribution >= 4 is 5.97 Å². The van der Waals surface area contributed by atoms with Crippen molar-refractivity contribution in [3.63, 3.8) is 0 Å². The number of carbonyl (C=O) groups is 1. The SMILES string of the molecule is CCCCCCCCCC(=O)OOCCCCC. The van der Waals surface area contributed by atoms with E-state index in [2.05, 4.69) is 13.8 Å². The molecule has 0 aliphatic rings. The molecule has 0 N–H and O–H groups in total. The molecule has 108 valence electrons. The predicted molar refractivity (Wildman–Crippen MR) is 74.2 cm³/mol. The molecule has 0 saturated heterocycles. The summed E-state index contributed by atoms with van der Waals surface area (Å²) < 4.78 is 0. The van der Waals surface area contributed by atoms with Crippen LogP contribution in [0.3, 0.4) is 0 Å². The zero-order valence-electron chi connectivity index (χ0n) is 12.2. The molecular weight excluding hydrogens is 228 g/mol. The topological polar surface area (TPSA) is 35.5 Å². The van der Waals surface area contributed by atoms with Gasteiger partial charge in [-0.3, -0.25) is 4.89 Å². The molecule has 3 nitrogen and oxygen atoms in total. The molecule has 0 radical (unpaired) electrons. The van der Waals surface area contributed by atoms with Crippen LogP contribution >= 0.6 is 0 Å². The van der Waals surface area contributed by atoms with Crippen LogP contribution in [0.5, 0.6) is 0 Å². The van der Waals surface area contributed by atoms with Crippen molar-refractivity contribution in [2.75, 3.05) is 6.61 Å². The molecule has 0 unspecified atom stereocenters. The van der Waals surface area contributed by atoms with Gasteiger partial charge in [0.1, 0.15) is 0 Å². The number of rotatable bonds is 13. The fourth-order valence-corrected chi connectivity index (χ4v) is 1.79. The van der Waals surface area contributed by atoms with E-state index in [4.69, 9.17) is 9.78 Å². The standard InChI is InChI=1S/C15H30O3/c1-3-5-7-8-9-10-11-13-15(16)18-17-14-12-6-4-2/h3-14H2,1-2H3. The van der Waals surface area contributed by atoms with Gasteiger partial charge in [-0.1, -0.05) is 65.2 Å². The third-order valence-corrected chi connectivity index (χ3v) is 2.97. The Hall–Kier alpha value is -0.570. The molecule has 0 fully saturated rings.